The molecule has 0 spiro atoms. The zero-order valence-corrected chi connectivity index (χ0v) is 18.4. The number of ether oxygens (including phenoxy) is 1. The largest absolute Gasteiger partial charge is 0.451 e. The maximum absolute atomic E-state index is 12.4. The molecule has 31 heavy (non-hydrogen) atoms. The molecule has 164 valence electrons. The summed E-state index contributed by atoms with van der Waals surface area (Å²) in [4.78, 5) is 49.6. The number of esters is 1. The second kappa shape index (κ2) is 11.3. The first-order valence-corrected chi connectivity index (χ1v) is 9.96. The molecule has 0 heterocycles. The molecule has 0 aromatic heterocycles. The van der Waals surface area contributed by atoms with Crippen LogP contribution in [0.25, 0.3) is 0 Å². The lowest BCUT2D eigenvalue weighted by atomic mass is 10.2. The fraction of sp³-hybridized carbons (Fsp3) is 0.238. The molecular weight excluding hydrogens is 445 g/mol. The topological polar surface area (TPSA) is 105 Å². The highest BCUT2D eigenvalue weighted by Crippen LogP contribution is 2.20. The molecule has 0 saturated heterocycles. The number of hydrogen-bond donors (Lipinski definition) is 2. The minimum Gasteiger partial charge on any atom is -0.451 e. The molecule has 0 bridgehead atoms. The Hall–Kier alpha value is -3.10. The van der Waals surface area contributed by atoms with Crippen LogP contribution in [-0.2, 0) is 19.1 Å². The summed E-state index contributed by atoms with van der Waals surface area (Å²) < 4.78 is 5.06. The van der Waals surface area contributed by atoms with Crippen LogP contribution < -0.4 is 15.5 Å². The molecule has 2 N–H and O–H groups in total. The molecule has 1 unspecified atom stereocenters. The number of rotatable bonds is 8. The highest BCUT2D eigenvalue weighted by molar-refractivity contribution is 6.36. The van der Waals surface area contributed by atoms with Gasteiger partial charge in [0.1, 0.15) is 6.54 Å². The van der Waals surface area contributed by atoms with Gasteiger partial charge in [-0.15, -0.1) is 0 Å². The fourth-order valence-corrected chi connectivity index (χ4v) is 3.00. The van der Waals surface area contributed by atoms with E-state index in [0.717, 1.165) is 0 Å². The summed E-state index contributed by atoms with van der Waals surface area (Å²) in [5, 5.41) is 5.22. The first kappa shape index (κ1) is 24.2. The van der Waals surface area contributed by atoms with Gasteiger partial charge in [0.2, 0.25) is 5.91 Å². The summed E-state index contributed by atoms with van der Waals surface area (Å²) in [6, 6.07) is 13.2. The molecule has 0 aliphatic heterocycles. The smallest absolute Gasteiger partial charge is 0.326 e. The van der Waals surface area contributed by atoms with E-state index >= 15 is 0 Å². The van der Waals surface area contributed by atoms with Crippen molar-refractivity contribution < 1.29 is 23.9 Å². The summed E-state index contributed by atoms with van der Waals surface area (Å²) in [6.45, 7) is 0.608. The van der Waals surface area contributed by atoms with E-state index in [9.17, 15) is 19.2 Å². The van der Waals surface area contributed by atoms with E-state index in [0.29, 0.717) is 10.7 Å². The van der Waals surface area contributed by atoms with E-state index in [4.69, 9.17) is 27.9 Å². The van der Waals surface area contributed by atoms with Gasteiger partial charge in [0.05, 0.1) is 17.1 Å². The minimum absolute atomic E-state index is 0.146. The Balaban J connectivity index is 1.75. The van der Waals surface area contributed by atoms with Crippen LogP contribution >= 0.6 is 23.2 Å². The summed E-state index contributed by atoms with van der Waals surface area (Å²) >= 11 is 11.7. The first-order valence-electron chi connectivity index (χ1n) is 9.21. The maximum atomic E-state index is 12.4. The van der Waals surface area contributed by atoms with Gasteiger partial charge in [-0.2, -0.15) is 0 Å². The lowest BCUT2D eigenvalue weighted by molar-refractivity contribution is -0.153. The van der Waals surface area contributed by atoms with Gasteiger partial charge in [-0.25, -0.2) is 0 Å². The number of nitrogens with one attached hydrogen (secondary N) is 2. The molecular formula is C21H21Cl2N3O5. The highest BCUT2D eigenvalue weighted by atomic mass is 35.5. The third-order valence-corrected chi connectivity index (χ3v) is 4.69. The van der Waals surface area contributed by atoms with Gasteiger partial charge in [-0.1, -0.05) is 41.4 Å². The normalized spacial score (nSPS) is 11.2. The number of amides is 3. The third-order valence-electron chi connectivity index (χ3n) is 4.15. The first-order chi connectivity index (χ1) is 14.7. The van der Waals surface area contributed by atoms with E-state index in [1.54, 1.807) is 31.3 Å². The number of anilines is 1. The predicted molar refractivity (Wildman–Crippen MR) is 117 cm³/mol. The average Bonchev–Trinajstić information content (AvgIpc) is 2.75. The van der Waals surface area contributed by atoms with Crippen LogP contribution in [0.15, 0.2) is 48.5 Å². The van der Waals surface area contributed by atoms with Crippen molar-refractivity contribution >= 4 is 52.6 Å². The standard InChI is InChI=1S/C21H21Cl2N3O5/c1-13(21(30)26(2)15-6-4-3-5-7-15)31-19(28)12-24-18(27)11-25-20(29)16-9-8-14(22)10-17(16)23/h3-10,13H,11-12H2,1-2H3,(H,24,27)(H,25,29). The summed E-state index contributed by atoms with van der Waals surface area (Å²) in [6.07, 6.45) is -1.04. The van der Waals surface area contributed by atoms with Crippen molar-refractivity contribution in [1.82, 2.24) is 10.6 Å². The van der Waals surface area contributed by atoms with Crippen LogP contribution in [0.2, 0.25) is 10.0 Å². The van der Waals surface area contributed by atoms with E-state index in [1.807, 2.05) is 6.07 Å². The van der Waals surface area contributed by atoms with E-state index in [-0.39, 0.29) is 17.1 Å². The number of nitrogens with zero attached hydrogens (tertiary/aromatic N) is 1. The second-order valence-electron chi connectivity index (χ2n) is 6.45. The Morgan fingerprint density at radius 3 is 2.32 bits per heavy atom. The van der Waals surface area contributed by atoms with Gasteiger partial charge in [0.25, 0.3) is 11.8 Å². The monoisotopic (exact) mass is 465 g/mol. The van der Waals surface area contributed by atoms with Gasteiger partial charge in [0.15, 0.2) is 6.10 Å². The van der Waals surface area contributed by atoms with Gasteiger partial charge in [0, 0.05) is 17.8 Å². The van der Waals surface area contributed by atoms with Crippen LogP contribution in [-0.4, -0.2) is 49.9 Å². The number of carbonyl (C=O) groups is 4. The molecule has 0 fully saturated rings. The molecule has 0 aliphatic carbocycles. The zero-order chi connectivity index (χ0) is 23.0. The molecule has 3 amide bonds. The Morgan fingerprint density at radius 2 is 1.68 bits per heavy atom. The van der Waals surface area contributed by atoms with Gasteiger partial charge in [-0.05, 0) is 37.3 Å². The molecule has 8 nitrogen and oxygen atoms in total. The number of hydrogen-bond acceptors (Lipinski definition) is 5. The van der Waals surface area contributed by atoms with Crippen LogP contribution in [0.1, 0.15) is 17.3 Å². The Bertz CT molecular complexity index is 969. The van der Waals surface area contributed by atoms with Crippen LogP contribution in [0.3, 0.4) is 0 Å². The van der Waals surface area contributed by atoms with Crippen molar-refractivity contribution in [2.24, 2.45) is 0 Å². The number of carbonyl (C=O) groups excluding carboxylic acids is 4. The van der Waals surface area contributed by atoms with Gasteiger partial charge < -0.3 is 20.3 Å². The van der Waals surface area contributed by atoms with Crippen LogP contribution in [0, 0.1) is 0 Å². The van der Waals surface area contributed by atoms with Crippen molar-refractivity contribution in [2.45, 2.75) is 13.0 Å². The summed E-state index contributed by atoms with van der Waals surface area (Å²) in [7, 11) is 1.57. The van der Waals surface area contributed by atoms with Crippen molar-refractivity contribution in [1.29, 1.82) is 0 Å². The molecule has 1 atom stereocenters. The van der Waals surface area contributed by atoms with E-state index < -0.39 is 36.3 Å². The van der Waals surface area contributed by atoms with E-state index in [2.05, 4.69) is 10.6 Å². The van der Waals surface area contributed by atoms with Crippen molar-refractivity contribution in [3.05, 3.63) is 64.1 Å². The molecule has 0 saturated carbocycles. The molecule has 0 aliphatic rings. The number of likely N-dealkylation sites (N-methyl/N-ethyl adjacent to an activating group) is 1. The van der Waals surface area contributed by atoms with Crippen molar-refractivity contribution in [3.8, 4) is 0 Å². The SMILES string of the molecule is CC(OC(=O)CNC(=O)CNC(=O)c1ccc(Cl)cc1Cl)C(=O)N(C)c1ccccc1. The zero-order valence-electron chi connectivity index (χ0n) is 16.9. The molecule has 2 rings (SSSR count). The lowest BCUT2D eigenvalue weighted by Gasteiger charge is -2.21. The molecule has 10 heteroatoms. The van der Waals surface area contributed by atoms with E-state index in [1.165, 1.54) is 30.0 Å². The highest BCUT2D eigenvalue weighted by Gasteiger charge is 2.22. The van der Waals surface area contributed by atoms with Crippen molar-refractivity contribution in [2.75, 3.05) is 25.0 Å². The number of para-hydroxylation sites is 1. The van der Waals surface area contributed by atoms with Gasteiger partial charge >= 0.3 is 5.97 Å². The molecule has 2 aromatic rings. The van der Waals surface area contributed by atoms with Crippen LogP contribution in [0.5, 0.6) is 0 Å². The lowest BCUT2D eigenvalue weighted by Crippen LogP contribution is -2.42. The quantitative estimate of drug-likeness (QED) is 0.582. The van der Waals surface area contributed by atoms with Crippen molar-refractivity contribution in [3.63, 3.8) is 0 Å². The number of halogens is 2. The molecule has 0 radical (unpaired) electrons. The Morgan fingerprint density at radius 1 is 1.00 bits per heavy atom. The number of benzene rings is 2. The van der Waals surface area contributed by atoms with Gasteiger partial charge in [-0.3, -0.25) is 19.2 Å². The maximum Gasteiger partial charge on any atom is 0.326 e. The third kappa shape index (κ3) is 7.27. The molecule has 2 aromatic carbocycles. The average molecular weight is 466 g/mol. The van der Waals surface area contributed by atoms with Crippen LogP contribution in [0.4, 0.5) is 5.69 Å². The summed E-state index contributed by atoms with van der Waals surface area (Å²) in [5.41, 5.74) is 0.813. The Labute approximate surface area is 189 Å². The summed E-state index contributed by atoms with van der Waals surface area (Å²) in [5.74, 6) is -2.39. The fourth-order valence-electron chi connectivity index (χ4n) is 2.50. The Kier molecular flexibility index (Phi) is 8.84. The minimum atomic E-state index is -1.04. The second-order valence-corrected chi connectivity index (χ2v) is 7.29. The predicted octanol–water partition coefficient (Wildman–Crippen LogP) is 2.43.